The van der Waals surface area contributed by atoms with Gasteiger partial charge in [0, 0.05) is 15.7 Å². The summed E-state index contributed by atoms with van der Waals surface area (Å²) in [6.45, 7) is 0. The van der Waals surface area contributed by atoms with E-state index in [0.29, 0.717) is 5.56 Å². The Bertz CT molecular complexity index is 786. The van der Waals surface area contributed by atoms with E-state index in [1.54, 1.807) is 12.1 Å². The number of nitrogens with two attached hydrogens (primary N) is 2. The van der Waals surface area contributed by atoms with E-state index in [1.165, 1.54) is 30.3 Å². The standard InChI is InChI=1S/C14H13BrN2O3S/c15-11-3-5-12(6-4-11)21(19,20)8-10-2-1-9(14(17)18)7-13(10)16/h1-7H,8,16H2,(H2,17,18). The molecule has 5 nitrogen and oxygen atoms in total. The van der Waals surface area contributed by atoms with Crippen molar-refractivity contribution in [3.05, 3.63) is 58.1 Å². The van der Waals surface area contributed by atoms with Crippen molar-refractivity contribution in [1.29, 1.82) is 0 Å². The number of hydrogen-bond donors (Lipinski definition) is 2. The first kappa shape index (κ1) is 15.5. The molecule has 110 valence electrons. The third-order valence-corrected chi connectivity index (χ3v) is 5.16. The van der Waals surface area contributed by atoms with Crippen LogP contribution in [-0.4, -0.2) is 14.3 Å². The Hall–Kier alpha value is -1.86. The van der Waals surface area contributed by atoms with Crippen LogP contribution in [0.1, 0.15) is 15.9 Å². The van der Waals surface area contributed by atoms with Gasteiger partial charge in [-0.05, 0) is 42.0 Å². The second-order valence-electron chi connectivity index (χ2n) is 4.49. The maximum atomic E-state index is 12.3. The first-order valence-electron chi connectivity index (χ1n) is 5.96. The SMILES string of the molecule is NC(=O)c1ccc(CS(=O)(=O)c2ccc(Br)cc2)c(N)c1. The fourth-order valence-electron chi connectivity index (χ4n) is 1.81. The highest BCUT2D eigenvalue weighted by Crippen LogP contribution is 2.22. The predicted octanol–water partition coefficient (Wildman–Crippen LogP) is 2.10. The smallest absolute Gasteiger partial charge is 0.248 e. The summed E-state index contributed by atoms with van der Waals surface area (Å²) in [5, 5.41) is 0. The summed E-state index contributed by atoms with van der Waals surface area (Å²) in [5.74, 6) is -0.844. The molecule has 0 atom stereocenters. The Morgan fingerprint density at radius 3 is 2.24 bits per heavy atom. The molecule has 0 aliphatic heterocycles. The number of carbonyl (C=O) groups is 1. The number of carbonyl (C=O) groups excluding carboxylic acids is 1. The molecule has 1 amide bonds. The van der Waals surface area contributed by atoms with E-state index < -0.39 is 15.7 Å². The fourth-order valence-corrected chi connectivity index (χ4v) is 3.46. The number of sulfone groups is 1. The highest BCUT2D eigenvalue weighted by molar-refractivity contribution is 9.10. The maximum absolute atomic E-state index is 12.3. The van der Waals surface area contributed by atoms with E-state index in [0.717, 1.165) is 4.47 Å². The van der Waals surface area contributed by atoms with Crippen molar-refractivity contribution in [2.75, 3.05) is 5.73 Å². The number of anilines is 1. The van der Waals surface area contributed by atoms with Gasteiger partial charge in [-0.25, -0.2) is 8.42 Å². The average Bonchev–Trinajstić information content (AvgIpc) is 2.41. The van der Waals surface area contributed by atoms with Crippen LogP contribution in [0.3, 0.4) is 0 Å². The number of halogens is 1. The Balaban J connectivity index is 2.32. The van der Waals surface area contributed by atoms with Gasteiger partial charge in [-0.15, -0.1) is 0 Å². The minimum Gasteiger partial charge on any atom is -0.398 e. The molecule has 0 heterocycles. The molecule has 0 spiro atoms. The molecular formula is C14H13BrN2O3S. The normalized spacial score (nSPS) is 11.3. The van der Waals surface area contributed by atoms with E-state index in [4.69, 9.17) is 11.5 Å². The van der Waals surface area contributed by atoms with Crippen LogP contribution in [0, 0.1) is 0 Å². The van der Waals surface area contributed by atoms with Crippen LogP contribution in [0.2, 0.25) is 0 Å². The number of primary amides is 1. The zero-order valence-electron chi connectivity index (χ0n) is 10.9. The third-order valence-electron chi connectivity index (χ3n) is 2.95. The van der Waals surface area contributed by atoms with Crippen molar-refractivity contribution in [2.45, 2.75) is 10.6 Å². The van der Waals surface area contributed by atoms with Crippen LogP contribution in [0.5, 0.6) is 0 Å². The molecule has 0 radical (unpaired) electrons. The molecule has 0 saturated heterocycles. The molecular weight excluding hydrogens is 356 g/mol. The summed E-state index contributed by atoms with van der Waals surface area (Å²) in [6.07, 6.45) is 0. The number of nitrogen functional groups attached to an aromatic ring is 1. The van der Waals surface area contributed by atoms with Crippen LogP contribution in [0.15, 0.2) is 51.8 Å². The van der Waals surface area contributed by atoms with E-state index in [2.05, 4.69) is 15.9 Å². The molecule has 0 aliphatic rings. The van der Waals surface area contributed by atoms with Crippen molar-refractivity contribution in [1.82, 2.24) is 0 Å². The topological polar surface area (TPSA) is 103 Å². The van der Waals surface area contributed by atoms with Gasteiger partial charge >= 0.3 is 0 Å². The summed E-state index contributed by atoms with van der Waals surface area (Å²) in [4.78, 5) is 11.3. The minimum atomic E-state index is -3.50. The van der Waals surface area contributed by atoms with E-state index >= 15 is 0 Å². The molecule has 2 rings (SSSR count). The lowest BCUT2D eigenvalue weighted by molar-refractivity contribution is 0.100. The van der Waals surface area contributed by atoms with Crippen LogP contribution < -0.4 is 11.5 Å². The Kier molecular flexibility index (Phi) is 4.34. The summed E-state index contributed by atoms with van der Waals surface area (Å²) in [6, 6.07) is 10.7. The number of amides is 1. The Labute approximate surface area is 131 Å². The highest BCUT2D eigenvalue weighted by atomic mass is 79.9. The summed E-state index contributed by atoms with van der Waals surface area (Å²) in [5.41, 5.74) is 11.8. The second kappa shape index (κ2) is 5.87. The van der Waals surface area contributed by atoms with Gasteiger partial charge in [-0.1, -0.05) is 22.0 Å². The zero-order valence-corrected chi connectivity index (χ0v) is 13.3. The Morgan fingerprint density at radius 1 is 1.10 bits per heavy atom. The van der Waals surface area contributed by atoms with Crippen LogP contribution in [0.4, 0.5) is 5.69 Å². The van der Waals surface area contributed by atoms with Gasteiger partial charge in [0.1, 0.15) is 0 Å². The van der Waals surface area contributed by atoms with Gasteiger partial charge in [-0.3, -0.25) is 4.79 Å². The molecule has 0 saturated carbocycles. The molecule has 21 heavy (non-hydrogen) atoms. The summed E-state index contributed by atoms with van der Waals surface area (Å²) >= 11 is 3.25. The van der Waals surface area contributed by atoms with Crippen molar-refractivity contribution in [3.63, 3.8) is 0 Å². The molecule has 0 unspecified atom stereocenters. The number of hydrogen-bond acceptors (Lipinski definition) is 4. The Morgan fingerprint density at radius 2 is 1.71 bits per heavy atom. The van der Waals surface area contributed by atoms with Crippen molar-refractivity contribution < 1.29 is 13.2 Å². The van der Waals surface area contributed by atoms with E-state index in [1.807, 2.05) is 0 Å². The number of rotatable bonds is 4. The minimum absolute atomic E-state index is 0.212. The monoisotopic (exact) mass is 368 g/mol. The van der Waals surface area contributed by atoms with Gasteiger partial charge in [0.25, 0.3) is 0 Å². The molecule has 0 aliphatic carbocycles. The molecule has 0 fully saturated rings. The molecule has 2 aromatic rings. The lowest BCUT2D eigenvalue weighted by Crippen LogP contribution is -2.12. The molecule has 2 aromatic carbocycles. The van der Waals surface area contributed by atoms with Gasteiger partial charge in [0.2, 0.25) is 5.91 Å². The molecule has 4 N–H and O–H groups in total. The first-order valence-corrected chi connectivity index (χ1v) is 8.40. The lowest BCUT2D eigenvalue weighted by Gasteiger charge is -2.08. The zero-order chi connectivity index (χ0) is 15.6. The van der Waals surface area contributed by atoms with Gasteiger partial charge < -0.3 is 11.5 Å². The van der Waals surface area contributed by atoms with Gasteiger partial charge in [0.05, 0.1) is 10.6 Å². The fraction of sp³-hybridized carbons (Fsp3) is 0.0714. The predicted molar refractivity (Wildman–Crippen MR) is 84.4 cm³/mol. The van der Waals surface area contributed by atoms with Crippen LogP contribution in [0.25, 0.3) is 0 Å². The van der Waals surface area contributed by atoms with Crippen molar-refractivity contribution in [3.8, 4) is 0 Å². The summed E-state index contributed by atoms with van der Waals surface area (Å²) < 4.78 is 25.4. The maximum Gasteiger partial charge on any atom is 0.248 e. The van der Waals surface area contributed by atoms with Crippen molar-refractivity contribution >= 4 is 37.4 Å². The van der Waals surface area contributed by atoms with Gasteiger partial charge in [-0.2, -0.15) is 0 Å². The highest BCUT2D eigenvalue weighted by Gasteiger charge is 2.17. The summed E-state index contributed by atoms with van der Waals surface area (Å²) in [7, 11) is -3.50. The molecule has 7 heteroatoms. The third kappa shape index (κ3) is 3.62. The van der Waals surface area contributed by atoms with Crippen LogP contribution >= 0.6 is 15.9 Å². The molecule has 0 aromatic heterocycles. The number of benzene rings is 2. The van der Waals surface area contributed by atoms with E-state index in [9.17, 15) is 13.2 Å². The average molecular weight is 369 g/mol. The van der Waals surface area contributed by atoms with E-state index in [-0.39, 0.29) is 21.9 Å². The second-order valence-corrected chi connectivity index (χ2v) is 7.40. The van der Waals surface area contributed by atoms with Gasteiger partial charge in [0.15, 0.2) is 9.84 Å². The first-order chi connectivity index (χ1) is 9.79. The molecule has 0 bridgehead atoms. The quantitative estimate of drug-likeness (QED) is 0.806. The van der Waals surface area contributed by atoms with Crippen molar-refractivity contribution in [2.24, 2.45) is 5.73 Å². The lowest BCUT2D eigenvalue weighted by atomic mass is 10.1. The van der Waals surface area contributed by atoms with Crippen LogP contribution in [-0.2, 0) is 15.6 Å². The largest absolute Gasteiger partial charge is 0.398 e.